The topological polar surface area (TPSA) is 78.8 Å². The predicted molar refractivity (Wildman–Crippen MR) is 128 cm³/mol. The molecule has 0 atom stereocenters. The average Bonchev–Trinajstić information content (AvgIpc) is 3.55. The second-order valence-electron chi connectivity index (χ2n) is 8.34. The summed E-state index contributed by atoms with van der Waals surface area (Å²) in [5.74, 6) is 2.27. The monoisotopic (exact) mass is 516 g/mol. The third kappa shape index (κ3) is 8.28. The molecule has 0 bridgehead atoms. The fourth-order valence-corrected chi connectivity index (χ4v) is 3.92. The van der Waals surface area contributed by atoms with Crippen LogP contribution in [0.5, 0.6) is 5.88 Å². The number of aliphatic hydroxyl groups excluding tert-OH is 1. The number of pyridine rings is 1. The lowest BCUT2D eigenvalue weighted by molar-refractivity contribution is 0.131. The first-order chi connectivity index (χ1) is 13.7. The summed E-state index contributed by atoms with van der Waals surface area (Å²) >= 11 is 0. The molecule has 0 spiro atoms. The van der Waals surface area contributed by atoms with Gasteiger partial charge in [0, 0.05) is 32.0 Å². The normalized spacial score (nSPS) is 18.6. The van der Waals surface area contributed by atoms with Gasteiger partial charge in [-0.1, -0.05) is 25.3 Å². The van der Waals surface area contributed by atoms with Crippen molar-refractivity contribution in [3.63, 3.8) is 0 Å². The van der Waals surface area contributed by atoms with Crippen molar-refractivity contribution < 1.29 is 9.84 Å². The minimum atomic E-state index is 0. The SMILES string of the molecule is CCNC(=NCc1ccc(OCC2CC2)nc1)NCC1(CCO)CCCCC1.I. The van der Waals surface area contributed by atoms with E-state index in [4.69, 9.17) is 9.73 Å². The molecule has 2 aliphatic rings. The van der Waals surface area contributed by atoms with Crippen LogP contribution in [0.2, 0.25) is 0 Å². The van der Waals surface area contributed by atoms with E-state index in [-0.39, 0.29) is 36.0 Å². The van der Waals surface area contributed by atoms with Crippen molar-refractivity contribution in [2.75, 3.05) is 26.3 Å². The Balaban J connectivity index is 0.00000300. The molecule has 6 nitrogen and oxygen atoms in total. The van der Waals surface area contributed by atoms with Crippen LogP contribution in [0.1, 0.15) is 63.9 Å². The molecule has 29 heavy (non-hydrogen) atoms. The zero-order valence-electron chi connectivity index (χ0n) is 17.7. The molecule has 164 valence electrons. The molecule has 3 rings (SSSR count). The van der Waals surface area contributed by atoms with E-state index in [1.807, 2.05) is 18.3 Å². The molecule has 0 aromatic carbocycles. The highest BCUT2D eigenvalue weighted by atomic mass is 127. The minimum Gasteiger partial charge on any atom is -0.477 e. The number of nitrogens with one attached hydrogen (secondary N) is 2. The molecule has 7 heteroatoms. The van der Waals surface area contributed by atoms with Gasteiger partial charge in [0.1, 0.15) is 0 Å². The quantitative estimate of drug-likeness (QED) is 0.250. The Morgan fingerprint density at radius 3 is 2.66 bits per heavy atom. The van der Waals surface area contributed by atoms with Crippen molar-refractivity contribution in [3.8, 4) is 5.88 Å². The Labute approximate surface area is 192 Å². The molecule has 2 aliphatic carbocycles. The maximum absolute atomic E-state index is 9.51. The standard InChI is InChI=1S/C22H36N4O2.HI/c1-2-23-21(26-17-22(12-13-27)10-4-3-5-11-22)25-15-19-8-9-20(24-14-19)28-16-18-6-7-18;/h8-9,14,18,27H,2-7,10-13,15-17H2,1H3,(H2,23,25,26);1H. The molecule has 0 amide bonds. The lowest BCUT2D eigenvalue weighted by Crippen LogP contribution is -2.44. The zero-order chi connectivity index (χ0) is 19.7. The van der Waals surface area contributed by atoms with E-state index in [0.717, 1.165) is 43.6 Å². The number of rotatable bonds is 10. The summed E-state index contributed by atoms with van der Waals surface area (Å²) in [5, 5.41) is 16.4. The number of aliphatic hydroxyl groups is 1. The lowest BCUT2D eigenvalue weighted by atomic mass is 9.72. The third-order valence-electron chi connectivity index (χ3n) is 5.91. The smallest absolute Gasteiger partial charge is 0.213 e. The summed E-state index contributed by atoms with van der Waals surface area (Å²) < 4.78 is 5.70. The summed E-state index contributed by atoms with van der Waals surface area (Å²) in [5.41, 5.74) is 1.27. The van der Waals surface area contributed by atoms with Crippen molar-refractivity contribution in [2.24, 2.45) is 16.3 Å². The van der Waals surface area contributed by atoms with Crippen molar-refractivity contribution in [1.29, 1.82) is 0 Å². The van der Waals surface area contributed by atoms with Crippen LogP contribution < -0.4 is 15.4 Å². The highest BCUT2D eigenvalue weighted by Gasteiger charge is 2.31. The van der Waals surface area contributed by atoms with Crippen molar-refractivity contribution >= 4 is 29.9 Å². The van der Waals surface area contributed by atoms with Gasteiger partial charge in [-0.15, -0.1) is 24.0 Å². The molecular weight excluding hydrogens is 479 g/mol. The highest BCUT2D eigenvalue weighted by molar-refractivity contribution is 14.0. The van der Waals surface area contributed by atoms with E-state index in [9.17, 15) is 5.11 Å². The Morgan fingerprint density at radius 1 is 1.24 bits per heavy atom. The van der Waals surface area contributed by atoms with Crippen LogP contribution >= 0.6 is 24.0 Å². The summed E-state index contributed by atoms with van der Waals surface area (Å²) in [6, 6.07) is 3.97. The number of hydrogen-bond donors (Lipinski definition) is 3. The average molecular weight is 516 g/mol. The van der Waals surface area contributed by atoms with Crippen LogP contribution in [0.15, 0.2) is 23.3 Å². The number of ether oxygens (including phenoxy) is 1. The fourth-order valence-electron chi connectivity index (χ4n) is 3.92. The van der Waals surface area contributed by atoms with Gasteiger partial charge < -0.3 is 20.5 Å². The molecule has 2 fully saturated rings. The molecule has 0 saturated heterocycles. The summed E-state index contributed by atoms with van der Waals surface area (Å²) in [6.45, 7) is 5.40. The third-order valence-corrected chi connectivity index (χ3v) is 5.91. The molecule has 3 N–H and O–H groups in total. The van der Waals surface area contributed by atoms with Crippen LogP contribution in [0.4, 0.5) is 0 Å². The zero-order valence-corrected chi connectivity index (χ0v) is 20.0. The first-order valence-corrected chi connectivity index (χ1v) is 10.9. The maximum atomic E-state index is 9.51. The number of hydrogen-bond acceptors (Lipinski definition) is 4. The number of nitrogens with zero attached hydrogens (tertiary/aromatic N) is 2. The largest absolute Gasteiger partial charge is 0.477 e. The molecule has 1 aromatic heterocycles. The molecular formula is C22H37IN4O2. The Bertz CT molecular complexity index is 608. The molecule has 0 aliphatic heterocycles. The van der Waals surface area contributed by atoms with Gasteiger partial charge in [-0.3, -0.25) is 0 Å². The number of halogens is 1. The molecule has 0 radical (unpaired) electrons. The van der Waals surface area contributed by atoms with Gasteiger partial charge in [0.25, 0.3) is 0 Å². The number of aliphatic imine (C=N–C) groups is 1. The molecule has 2 saturated carbocycles. The van der Waals surface area contributed by atoms with Crippen molar-refractivity contribution in [2.45, 2.75) is 64.8 Å². The van der Waals surface area contributed by atoms with E-state index in [2.05, 4.69) is 22.5 Å². The Morgan fingerprint density at radius 2 is 2.03 bits per heavy atom. The second-order valence-corrected chi connectivity index (χ2v) is 8.34. The number of guanidine groups is 1. The van der Waals surface area contributed by atoms with Crippen molar-refractivity contribution in [3.05, 3.63) is 23.9 Å². The highest BCUT2D eigenvalue weighted by Crippen LogP contribution is 2.38. The van der Waals surface area contributed by atoms with Gasteiger partial charge in [0.05, 0.1) is 13.2 Å². The maximum Gasteiger partial charge on any atom is 0.213 e. The first kappa shape index (κ1) is 24.2. The first-order valence-electron chi connectivity index (χ1n) is 10.9. The second kappa shape index (κ2) is 12.6. The van der Waals surface area contributed by atoms with Crippen LogP contribution in [-0.4, -0.2) is 42.4 Å². The molecule has 1 heterocycles. The predicted octanol–water partition coefficient (Wildman–Crippen LogP) is 3.88. The van der Waals surface area contributed by atoms with Gasteiger partial charge in [0.15, 0.2) is 5.96 Å². The fraction of sp³-hybridized carbons (Fsp3) is 0.727. The van der Waals surface area contributed by atoms with E-state index in [0.29, 0.717) is 12.4 Å². The van der Waals surface area contributed by atoms with E-state index < -0.39 is 0 Å². The van der Waals surface area contributed by atoms with E-state index in [1.165, 1.54) is 44.9 Å². The number of aromatic nitrogens is 1. The van der Waals surface area contributed by atoms with Gasteiger partial charge in [-0.05, 0) is 55.9 Å². The van der Waals surface area contributed by atoms with Crippen LogP contribution in [-0.2, 0) is 6.54 Å². The van der Waals surface area contributed by atoms with Gasteiger partial charge in [-0.25, -0.2) is 9.98 Å². The molecule has 1 aromatic rings. The Kier molecular flexibility index (Phi) is 10.5. The minimum absolute atomic E-state index is 0. The van der Waals surface area contributed by atoms with Crippen LogP contribution in [0, 0.1) is 11.3 Å². The van der Waals surface area contributed by atoms with Crippen molar-refractivity contribution in [1.82, 2.24) is 15.6 Å². The molecule has 0 unspecified atom stereocenters. The van der Waals surface area contributed by atoms with Gasteiger partial charge in [0.2, 0.25) is 5.88 Å². The van der Waals surface area contributed by atoms with Crippen LogP contribution in [0.3, 0.4) is 0 Å². The summed E-state index contributed by atoms with van der Waals surface area (Å²) in [7, 11) is 0. The Hall–Kier alpha value is -1.09. The van der Waals surface area contributed by atoms with E-state index >= 15 is 0 Å². The lowest BCUT2D eigenvalue weighted by Gasteiger charge is -2.37. The van der Waals surface area contributed by atoms with E-state index in [1.54, 1.807) is 0 Å². The van der Waals surface area contributed by atoms with Crippen LogP contribution in [0.25, 0.3) is 0 Å². The summed E-state index contributed by atoms with van der Waals surface area (Å²) in [6.07, 6.45) is 11.5. The summed E-state index contributed by atoms with van der Waals surface area (Å²) in [4.78, 5) is 9.12. The van der Waals surface area contributed by atoms with Gasteiger partial charge >= 0.3 is 0 Å². The van der Waals surface area contributed by atoms with Gasteiger partial charge in [-0.2, -0.15) is 0 Å².